The molecule has 1 fully saturated rings. The van der Waals surface area contributed by atoms with Gasteiger partial charge in [0.15, 0.2) is 17.7 Å². The average Bonchev–Trinajstić information content (AvgIpc) is 3.60. The number of phosphoric ester groups is 3. The number of carbonyl (C=O) groups is 3. The minimum absolute atomic E-state index is 0.0267. The summed E-state index contributed by atoms with van der Waals surface area (Å²) in [5.74, 6) is -1.44. The Bertz CT molecular complexity index is 1760. The Morgan fingerprint density at radius 3 is 2.38 bits per heavy atom. The van der Waals surface area contributed by atoms with E-state index >= 15 is 0 Å². The second kappa shape index (κ2) is 18.4. The third kappa shape index (κ3) is 13.4. The van der Waals surface area contributed by atoms with Crippen molar-refractivity contribution in [3.8, 4) is 0 Å². The number of anilines is 1. The number of aliphatic hydroxyl groups is 3. The number of nitrogens with two attached hydrogens (primary N) is 1. The number of aliphatic hydroxyl groups excluding tert-OH is 3. The van der Waals surface area contributed by atoms with Gasteiger partial charge in [-0.3, -0.25) is 28.1 Å². The molecule has 0 spiro atoms. The molecule has 7 N–H and O–H groups in total. The third-order valence-corrected chi connectivity index (χ3v) is 11.1. The zero-order valence-corrected chi connectivity index (χ0v) is 31.4. The van der Waals surface area contributed by atoms with Gasteiger partial charge in [0.2, 0.25) is 16.9 Å². The molecule has 29 heteroatoms. The molecular weight excluding hydrogens is 799 g/mol. The topological polar surface area (TPSA) is 395 Å². The van der Waals surface area contributed by atoms with Gasteiger partial charge in [0.25, 0.3) is 15.6 Å². The number of fused-ring (bicyclic) bond motifs is 1. The number of phosphoric acid groups is 3. The Labute approximate surface area is 304 Å². The average molecular weight is 836 g/mol. The van der Waals surface area contributed by atoms with Crippen molar-refractivity contribution in [1.29, 1.82) is 0 Å². The number of carbonyl (C=O) groups excluding carboxylic acids is 3. The molecule has 3 unspecified atom stereocenters. The van der Waals surface area contributed by atoms with E-state index in [0.717, 1.165) is 29.0 Å². The van der Waals surface area contributed by atoms with Gasteiger partial charge >= 0.3 is 0 Å². The van der Waals surface area contributed by atoms with Crippen LogP contribution in [0.15, 0.2) is 12.7 Å². The first kappa shape index (κ1) is 44.9. The molecule has 2 amide bonds. The summed E-state index contributed by atoms with van der Waals surface area (Å²) in [4.78, 5) is 94.9. The zero-order chi connectivity index (χ0) is 39.9. The lowest BCUT2D eigenvalue weighted by Crippen LogP contribution is -2.46. The highest BCUT2D eigenvalue weighted by Gasteiger charge is 2.47. The number of hydrogen-bond acceptors (Lipinski definition) is 23. The lowest BCUT2D eigenvalue weighted by atomic mass is 9.87. The van der Waals surface area contributed by atoms with E-state index in [1.165, 1.54) is 20.8 Å². The summed E-state index contributed by atoms with van der Waals surface area (Å²) in [6.07, 6.45) is -8.83. The van der Waals surface area contributed by atoms with E-state index < -0.39 is 95.8 Å². The van der Waals surface area contributed by atoms with E-state index in [9.17, 15) is 57.9 Å². The molecule has 8 atom stereocenters. The SMILES string of the molecule is CC(O)C(=O)SCCNC(=O)CCNC(=O)[C@H](O)C(C)(C)COP(=O)([O-])OP(=O)([O-])OC[C@H]1O[C@@H](n2cnc3c(N)ncnc32)[C@H](O)[C@@H]1OP(=O)([O-])[O-]. The Kier molecular flexibility index (Phi) is 15.6. The summed E-state index contributed by atoms with van der Waals surface area (Å²) in [7, 11) is -17.6. The molecule has 2 aromatic heterocycles. The molecule has 3 heterocycles. The van der Waals surface area contributed by atoms with Crippen LogP contribution in [0, 0.1) is 5.41 Å². The molecule has 53 heavy (non-hydrogen) atoms. The maximum Gasteiger partial charge on any atom is 0.274 e. The fourth-order valence-electron chi connectivity index (χ4n) is 4.38. The Balaban J connectivity index is 1.52. The van der Waals surface area contributed by atoms with Gasteiger partial charge in [0.1, 0.15) is 42.4 Å². The summed E-state index contributed by atoms with van der Waals surface area (Å²) in [5.41, 5.74) is 4.03. The summed E-state index contributed by atoms with van der Waals surface area (Å²) < 4.78 is 60.2. The fraction of sp³-hybridized carbons (Fsp3) is 0.667. The van der Waals surface area contributed by atoms with Crippen molar-refractivity contribution >= 4 is 69.1 Å². The highest BCUT2D eigenvalue weighted by atomic mass is 32.2. The van der Waals surface area contributed by atoms with Crippen LogP contribution in [0.2, 0.25) is 0 Å². The first-order valence-electron chi connectivity index (χ1n) is 15.1. The van der Waals surface area contributed by atoms with Crippen molar-refractivity contribution in [2.24, 2.45) is 5.41 Å². The van der Waals surface area contributed by atoms with E-state index in [-0.39, 0.29) is 42.2 Å². The number of imidazole rings is 1. The summed E-state index contributed by atoms with van der Waals surface area (Å²) in [6.45, 7) is 1.21. The van der Waals surface area contributed by atoms with Gasteiger partial charge in [0, 0.05) is 30.7 Å². The number of ether oxygens (including phenoxy) is 1. The Hall–Kier alpha value is -2.48. The second-order valence-corrected chi connectivity index (χ2v) is 17.0. The maximum absolute atomic E-state index is 12.5. The number of nitrogens with zero attached hydrogens (tertiary/aromatic N) is 4. The lowest BCUT2D eigenvalue weighted by Gasteiger charge is -2.36. The van der Waals surface area contributed by atoms with Crippen molar-refractivity contribution in [2.45, 2.75) is 63.9 Å². The van der Waals surface area contributed by atoms with E-state index in [2.05, 4.69) is 43.5 Å². The van der Waals surface area contributed by atoms with Crippen molar-refractivity contribution < 1.29 is 85.6 Å². The molecule has 3 rings (SSSR count). The van der Waals surface area contributed by atoms with Crippen molar-refractivity contribution in [3.63, 3.8) is 0 Å². The third-order valence-electron chi connectivity index (χ3n) is 7.06. The molecule has 25 nitrogen and oxygen atoms in total. The fourth-order valence-corrected chi connectivity index (χ4v) is 7.76. The van der Waals surface area contributed by atoms with Gasteiger partial charge in [-0.05, 0) is 6.92 Å². The predicted molar refractivity (Wildman–Crippen MR) is 170 cm³/mol. The second-order valence-electron chi connectivity index (χ2n) is 11.8. The number of amides is 2. The van der Waals surface area contributed by atoms with Crippen LogP contribution >= 0.6 is 35.2 Å². The van der Waals surface area contributed by atoms with Crippen molar-refractivity contribution in [3.05, 3.63) is 12.7 Å². The quantitative estimate of drug-likeness (QED) is 0.0541. The van der Waals surface area contributed by atoms with Crippen LogP contribution in [-0.2, 0) is 50.7 Å². The first-order valence-corrected chi connectivity index (χ1v) is 20.5. The van der Waals surface area contributed by atoms with Gasteiger partial charge in [0.05, 0.1) is 27.4 Å². The number of hydrogen-bond donors (Lipinski definition) is 6. The van der Waals surface area contributed by atoms with Crippen LogP contribution in [0.5, 0.6) is 0 Å². The zero-order valence-electron chi connectivity index (χ0n) is 27.9. The molecule has 1 aliphatic heterocycles. The molecule has 1 saturated heterocycles. The number of rotatable bonds is 20. The van der Waals surface area contributed by atoms with Gasteiger partial charge < -0.3 is 74.1 Å². The summed E-state index contributed by atoms with van der Waals surface area (Å²) in [6, 6.07) is 0. The van der Waals surface area contributed by atoms with Gasteiger partial charge in [-0.25, -0.2) is 19.3 Å². The molecule has 0 bridgehead atoms. The maximum atomic E-state index is 12.5. The van der Waals surface area contributed by atoms with Gasteiger partial charge in [-0.15, -0.1) is 0 Å². The highest BCUT2D eigenvalue weighted by Crippen LogP contribution is 2.56. The molecule has 0 aliphatic carbocycles. The molecule has 1 aliphatic rings. The van der Waals surface area contributed by atoms with Crippen LogP contribution in [0.3, 0.4) is 0 Å². The van der Waals surface area contributed by atoms with Crippen LogP contribution < -0.4 is 35.9 Å². The molecular formula is C24H36N7O18P3S-4. The standard InChI is InChI=1S/C24H40N7O18P3S/c1-12(32)23(37)53-7-6-26-14(33)4-5-27-21(36)18(35)24(2,3)9-46-52(43,44)49-51(41,42)45-8-13-17(48-50(38,39)40)16(34)22(47-13)31-11-30-15-19(25)28-10-29-20(15)31/h10-13,16-18,22,32,34-35H,4-9H2,1-3H3,(H,26,33)(H,27,36)(H,41,42)(H,43,44)(H2,25,28,29)(H2,38,39,40)/p-4/t12?,13-,16-,17-,18+,22-/m1/s1. The van der Waals surface area contributed by atoms with E-state index in [0.29, 0.717) is 0 Å². The van der Waals surface area contributed by atoms with E-state index in [1.807, 2.05) is 0 Å². The minimum Gasteiger partial charge on any atom is -0.790 e. The van der Waals surface area contributed by atoms with Crippen LogP contribution in [-0.4, -0.2) is 114 Å². The minimum atomic E-state index is -5.92. The van der Waals surface area contributed by atoms with Gasteiger partial charge in [-0.2, -0.15) is 0 Å². The molecule has 0 aromatic carbocycles. The number of aromatic nitrogens is 4. The van der Waals surface area contributed by atoms with E-state index in [4.69, 9.17) is 15.6 Å². The van der Waals surface area contributed by atoms with Crippen LogP contribution in [0.1, 0.15) is 33.4 Å². The smallest absolute Gasteiger partial charge is 0.274 e. The highest BCUT2D eigenvalue weighted by molar-refractivity contribution is 8.13. The Morgan fingerprint density at radius 2 is 1.74 bits per heavy atom. The van der Waals surface area contributed by atoms with E-state index in [1.54, 1.807) is 0 Å². The normalized spacial score (nSPS) is 22.8. The lowest BCUT2D eigenvalue weighted by molar-refractivity contribution is -0.347. The first-order chi connectivity index (χ1) is 24.4. The monoisotopic (exact) mass is 835 g/mol. The molecule has 300 valence electrons. The summed E-state index contributed by atoms with van der Waals surface area (Å²) >= 11 is 0.817. The molecule has 2 aromatic rings. The predicted octanol–water partition coefficient (Wildman–Crippen LogP) is -4.48. The van der Waals surface area contributed by atoms with Crippen molar-refractivity contribution in [1.82, 2.24) is 30.2 Å². The number of thioether (sulfide) groups is 1. The number of nitrogens with one attached hydrogen (secondary N) is 2. The largest absolute Gasteiger partial charge is 0.790 e. The Morgan fingerprint density at radius 1 is 1.08 bits per heavy atom. The van der Waals surface area contributed by atoms with Crippen LogP contribution in [0.25, 0.3) is 11.2 Å². The summed E-state index contributed by atoms with van der Waals surface area (Å²) in [5, 5.41) is 34.6. The number of nitrogen functional groups attached to an aromatic ring is 1. The van der Waals surface area contributed by atoms with Crippen LogP contribution in [0.4, 0.5) is 5.82 Å². The molecule has 0 saturated carbocycles. The van der Waals surface area contributed by atoms with Gasteiger partial charge in [-0.1, -0.05) is 25.6 Å². The molecule has 0 radical (unpaired) electrons. The van der Waals surface area contributed by atoms with Crippen molar-refractivity contribution in [2.75, 3.05) is 37.8 Å².